The number of amides is 3. The van der Waals surface area contributed by atoms with E-state index in [1.54, 1.807) is 6.07 Å². The number of fused-ring (bicyclic) bond motifs is 1. The monoisotopic (exact) mass is 394 g/mol. The highest BCUT2D eigenvalue weighted by atomic mass is 16.5. The molecule has 1 aliphatic heterocycles. The second-order valence-corrected chi connectivity index (χ2v) is 6.91. The number of aromatic nitrogens is 1. The summed E-state index contributed by atoms with van der Waals surface area (Å²) < 4.78 is 10.4. The van der Waals surface area contributed by atoms with Crippen molar-refractivity contribution >= 4 is 34.2 Å². The Kier molecular flexibility index (Phi) is 5.71. The van der Waals surface area contributed by atoms with Crippen molar-refractivity contribution in [1.29, 1.82) is 0 Å². The Hall–Kier alpha value is -3.39. The normalized spacial score (nSPS) is 15.9. The van der Waals surface area contributed by atoms with Crippen LogP contribution in [0.3, 0.4) is 0 Å². The predicted octanol–water partition coefficient (Wildman–Crippen LogP) is 3.48. The third kappa shape index (κ3) is 4.72. The van der Waals surface area contributed by atoms with Gasteiger partial charge in [-0.1, -0.05) is 41.6 Å². The summed E-state index contributed by atoms with van der Waals surface area (Å²) in [6.45, 7) is 0.890. The molecular formula is C21H22N4O4. The molecule has 0 bridgehead atoms. The van der Waals surface area contributed by atoms with Gasteiger partial charge in [0.05, 0.1) is 11.8 Å². The molecule has 8 heteroatoms. The van der Waals surface area contributed by atoms with Gasteiger partial charge < -0.3 is 24.8 Å². The summed E-state index contributed by atoms with van der Waals surface area (Å²) in [6, 6.07) is 14.7. The summed E-state index contributed by atoms with van der Waals surface area (Å²) in [5.41, 5.74) is 0.697. The van der Waals surface area contributed by atoms with E-state index >= 15 is 0 Å². The molecule has 1 saturated heterocycles. The molecule has 1 unspecified atom stereocenters. The Labute approximate surface area is 167 Å². The minimum Gasteiger partial charge on any atom is -0.376 e. The van der Waals surface area contributed by atoms with E-state index in [4.69, 9.17) is 9.26 Å². The Morgan fingerprint density at radius 3 is 2.76 bits per heavy atom. The van der Waals surface area contributed by atoms with E-state index in [9.17, 15) is 9.59 Å². The maximum absolute atomic E-state index is 13.0. The lowest BCUT2D eigenvalue weighted by Crippen LogP contribution is -2.44. The van der Waals surface area contributed by atoms with Crippen molar-refractivity contribution in [3.63, 3.8) is 0 Å². The standard InChI is InChI=1S/C21H22N4O4/c26-20(23-19-10-12-29-24-19)14-25(13-16-7-4-11-28-16)21(27)22-18-9-3-6-15-5-1-2-8-17(15)18/h1-3,5-6,8-10,12,16H,4,7,11,13-14H2,(H,22,27)(H,23,24,26). The quantitative estimate of drug-likeness (QED) is 0.667. The molecule has 0 aliphatic carbocycles. The van der Waals surface area contributed by atoms with Crippen LogP contribution in [0, 0.1) is 0 Å². The van der Waals surface area contributed by atoms with Crippen LogP contribution in [0.4, 0.5) is 16.3 Å². The van der Waals surface area contributed by atoms with Gasteiger partial charge in [-0.15, -0.1) is 0 Å². The largest absolute Gasteiger partial charge is 0.376 e. The third-order valence-corrected chi connectivity index (χ3v) is 4.81. The van der Waals surface area contributed by atoms with Crippen molar-refractivity contribution < 1.29 is 18.8 Å². The number of rotatable bonds is 6. The Morgan fingerprint density at radius 1 is 1.10 bits per heavy atom. The summed E-state index contributed by atoms with van der Waals surface area (Å²) in [4.78, 5) is 26.9. The molecule has 4 rings (SSSR count). The molecule has 1 aliphatic rings. The number of urea groups is 1. The summed E-state index contributed by atoms with van der Waals surface area (Å²) in [5.74, 6) is -0.0495. The molecule has 2 heterocycles. The maximum Gasteiger partial charge on any atom is 0.322 e. The molecule has 0 saturated carbocycles. The Morgan fingerprint density at radius 2 is 1.97 bits per heavy atom. The number of benzene rings is 2. The Balaban J connectivity index is 1.49. The first-order chi connectivity index (χ1) is 14.2. The van der Waals surface area contributed by atoms with E-state index < -0.39 is 0 Å². The molecule has 3 amide bonds. The summed E-state index contributed by atoms with van der Waals surface area (Å²) in [6.07, 6.45) is 3.11. The molecule has 8 nitrogen and oxygen atoms in total. The topological polar surface area (TPSA) is 96.7 Å². The molecule has 150 valence electrons. The number of nitrogens with one attached hydrogen (secondary N) is 2. The van der Waals surface area contributed by atoms with Crippen LogP contribution in [0.25, 0.3) is 10.8 Å². The van der Waals surface area contributed by atoms with Crippen molar-refractivity contribution in [1.82, 2.24) is 10.1 Å². The van der Waals surface area contributed by atoms with Crippen LogP contribution < -0.4 is 10.6 Å². The molecule has 1 atom stereocenters. The number of ether oxygens (including phenoxy) is 1. The molecule has 29 heavy (non-hydrogen) atoms. The highest BCUT2D eigenvalue weighted by Crippen LogP contribution is 2.23. The number of nitrogens with zero attached hydrogens (tertiary/aromatic N) is 2. The van der Waals surface area contributed by atoms with Crippen molar-refractivity contribution in [2.24, 2.45) is 0 Å². The minimum atomic E-state index is -0.357. The molecule has 2 N–H and O–H groups in total. The van der Waals surface area contributed by atoms with Gasteiger partial charge in [0.2, 0.25) is 5.91 Å². The zero-order chi connectivity index (χ0) is 20.1. The van der Waals surface area contributed by atoms with Crippen LogP contribution in [0.5, 0.6) is 0 Å². The van der Waals surface area contributed by atoms with Crippen LogP contribution in [0.2, 0.25) is 0 Å². The predicted molar refractivity (Wildman–Crippen MR) is 109 cm³/mol. The lowest BCUT2D eigenvalue weighted by molar-refractivity contribution is -0.117. The van der Waals surface area contributed by atoms with E-state index in [0.717, 1.165) is 23.6 Å². The van der Waals surface area contributed by atoms with Gasteiger partial charge in [-0.25, -0.2) is 4.79 Å². The SMILES string of the molecule is O=C(CN(CC1CCCO1)C(=O)Nc1cccc2ccccc12)Nc1ccon1. The first kappa shape index (κ1) is 18.9. The molecule has 0 radical (unpaired) electrons. The van der Waals surface area contributed by atoms with Gasteiger partial charge in [0, 0.05) is 24.6 Å². The number of carbonyl (C=O) groups excluding carboxylic acids is 2. The lowest BCUT2D eigenvalue weighted by atomic mass is 10.1. The summed E-state index contributed by atoms with van der Waals surface area (Å²) >= 11 is 0. The number of anilines is 2. The smallest absolute Gasteiger partial charge is 0.322 e. The third-order valence-electron chi connectivity index (χ3n) is 4.81. The van der Waals surface area contributed by atoms with Gasteiger partial charge in [-0.3, -0.25) is 4.79 Å². The fraction of sp³-hybridized carbons (Fsp3) is 0.286. The minimum absolute atomic E-state index is 0.0758. The molecule has 1 fully saturated rings. The molecule has 2 aromatic carbocycles. The highest BCUT2D eigenvalue weighted by molar-refractivity contribution is 6.03. The van der Waals surface area contributed by atoms with Crippen LogP contribution in [0.15, 0.2) is 59.3 Å². The van der Waals surface area contributed by atoms with Gasteiger partial charge in [0.25, 0.3) is 0 Å². The van der Waals surface area contributed by atoms with E-state index in [1.165, 1.54) is 11.2 Å². The first-order valence-corrected chi connectivity index (χ1v) is 9.54. The van der Waals surface area contributed by atoms with Crippen LogP contribution in [0.1, 0.15) is 12.8 Å². The van der Waals surface area contributed by atoms with Crippen molar-refractivity contribution in [3.05, 3.63) is 54.8 Å². The van der Waals surface area contributed by atoms with E-state index in [0.29, 0.717) is 24.7 Å². The number of carbonyl (C=O) groups is 2. The van der Waals surface area contributed by atoms with Gasteiger partial charge in [0.1, 0.15) is 12.8 Å². The van der Waals surface area contributed by atoms with E-state index in [-0.39, 0.29) is 24.6 Å². The number of hydrogen-bond acceptors (Lipinski definition) is 5. The van der Waals surface area contributed by atoms with E-state index in [2.05, 4.69) is 15.8 Å². The molecule has 3 aromatic rings. The van der Waals surface area contributed by atoms with Crippen LogP contribution >= 0.6 is 0 Å². The maximum atomic E-state index is 13.0. The average Bonchev–Trinajstić information content (AvgIpc) is 3.42. The first-order valence-electron chi connectivity index (χ1n) is 9.54. The average molecular weight is 394 g/mol. The fourth-order valence-electron chi connectivity index (χ4n) is 3.41. The van der Waals surface area contributed by atoms with E-state index in [1.807, 2.05) is 42.5 Å². The van der Waals surface area contributed by atoms with Gasteiger partial charge >= 0.3 is 6.03 Å². The van der Waals surface area contributed by atoms with Gasteiger partial charge in [0.15, 0.2) is 5.82 Å². The van der Waals surface area contributed by atoms with Crippen LogP contribution in [-0.2, 0) is 9.53 Å². The lowest BCUT2D eigenvalue weighted by Gasteiger charge is -2.25. The second kappa shape index (κ2) is 8.74. The molecule has 0 spiro atoms. The summed E-state index contributed by atoms with van der Waals surface area (Å²) in [7, 11) is 0. The van der Waals surface area contributed by atoms with Gasteiger partial charge in [-0.05, 0) is 24.3 Å². The highest BCUT2D eigenvalue weighted by Gasteiger charge is 2.25. The van der Waals surface area contributed by atoms with Crippen molar-refractivity contribution in [2.75, 3.05) is 30.3 Å². The summed E-state index contributed by atoms with van der Waals surface area (Å²) in [5, 5.41) is 11.2. The van der Waals surface area contributed by atoms with Crippen LogP contribution in [-0.4, -0.2) is 47.8 Å². The number of hydrogen-bond donors (Lipinski definition) is 2. The van der Waals surface area contributed by atoms with Crippen molar-refractivity contribution in [2.45, 2.75) is 18.9 Å². The molecule has 1 aromatic heterocycles. The zero-order valence-corrected chi connectivity index (χ0v) is 15.8. The molecular weight excluding hydrogens is 372 g/mol. The second-order valence-electron chi connectivity index (χ2n) is 6.91. The Bertz CT molecular complexity index is 978. The zero-order valence-electron chi connectivity index (χ0n) is 15.8. The van der Waals surface area contributed by atoms with Crippen molar-refractivity contribution in [3.8, 4) is 0 Å². The van der Waals surface area contributed by atoms with Gasteiger partial charge in [-0.2, -0.15) is 0 Å². The fourth-order valence-corrected chi connectivity index (χ4v) is 3.41.